The lowest BCUT2D eigenvalue weighted by Gasteiger charge is -2.07. The van der Waals surface area contributed by atoms with Crippen molar-refractivity contribution < 1.29 is 9.53 Å². The molecule has 0 aliphatic rings. The molecule has 2 aromatic rings. The number of nitrogens with two attached hydrogens (primary N) is 1. The Morgan fingerprint density at radius 1 is 1.45 bits per heavy atom. The number of pyridine rings is 1. The summed E-state index contributed by atoms with van der Waals surface area (Å²) in [7, 11) is 0. The van der Waals surface area contributed by atoms with Gasteiger partial charge < -0.3 is 15.8 Å². The lowest BCUT2D eigenvalue weighted by molar-refractivity contribution is 0.0942. The van der Waals surface area contributed by atoms with Crippen LogP contribution in [-0.2, 0) is 6.42 Å². The number of ether oxygens (including phenoxy) is 1. The molecule has 118 valence electrons. The molecule has 2 heterocycles. The van der Waals surface area contributed by atoms with Gasteiger partial charge in [0.1, 0.15) is 17.3 Å². The number of carbonyl (C=O) groups excluding carboxylic acids is 1. The van der Waals surface area contributed by atoms with Crippen molar-refractivity contribution >= 4 is 40.4 Å². The van der Waals surface area contributed by atoms with Crippen molar-refractivity contribution in [3.8, 4) is 5.88 Å². The summed E-state index contributed by atoms with van der Waals surface area (Å²) in [6.07, 6.45) is 2.11. The van der Waals surface area contributed by atoms with Gasteiger partial charge in [-0.25, -0.2) is 9.97 Å². The largest absolute Gasteiger partial charge is 0.475 e. The number of thiazole rings is 1. The van der Waals surface area contributed by atoms with Crippen LogP contribution in [-0.4, -0.2) is 35.6 Å². The van der Waals surface area contributed by atoms with Crippen LogP contribution in [0.4, 0.5) is 0 Å². The number of aromatic nitrogens is 2. The SMILES string of the molecule is NCCc1nc(C(=O)NCCOc2ncc(Cl)cc2Cl)cs1. The van der Waals surface area contributed by atoms with Gasteiger partial charge in [0.2, 0.25) is 5.88 Å². The van der Waals surface area contributed by atoms with Gasteiger partial charge in [0, 0.05) is 18.0 Å². The first-order valence-electron chi connectivity index (χ1n) is 6.46. The minimum atomic E-state index is -0.252. The van der Waals surface area contributed by atoms with Crippen LogP contribution in [0, 0.1) is 0 Å². The molecule has 9 heteroatoms. The van der Waals surface area contributed by atoms with E-state index in [0.717, 1.165) is 5.01 Å². The number of halogens is 2. The van der Waals surface area contributed by atoms with Crippen molar-refractivity contribution in [2.45, 2.75) is 6.42 Å². The van der Waals surface area contributed by atoms with Crippen molar-refractivity contribution in [3.05, 3.63) is 38.4 Å². The van der Waals surface area contributed by atoms with E-state index < -0.39 is 0 Å². The Morgan fingerprint density at radius 2 is 2.27 bits per heavy atom. The fourth-order valence-corrected chi connectivity index (χ4v) is 2.79. The number of nitrogens with one attached hydrogen (secondary N) is 1. The van der Waals surface area contributed by atoms with Crippen molar-refractivity contribution in [1.82, 2.24) is 15.3 Å². The molecule has 0 saturated carbocycles. The molecule has 1 amide bonds. The second-order valence-corrected chi connectivity index (χ2v) is 6.00. The normalized spacial score (nSPS) is 10.5. The smallest absolute Gasteiger partial charge is 0.270 e. The van der Waals surface area contributed by atoms with Crippen LogP contribution >= 0.6 is 34.5 Å². The molecule has 2 aromatic heterocycles. The van der Waals surface area contributed by atoms with E-state index in [1.165, 1.54) is 23.6 Å². The van der Waals surface area contributed by atoms with Gasteiger partial charge in [-0.3, -0.25) is 4.79 Å². The molecule has 3 N–H and O–H groups in total. The Balaban J connectivity index is 1.76. The predicted octanol–water partition coefficient (Wildman–Crippen LogP) is 2.15. The monoisotopic (exact) mass is 360 g/mol. The van der Waals surface area contributed by atoms with E-state index in [9.17, 15) is 4.79 Å². The van der Waals surface area contributed by atoms with Crippen LogP contribution in [0.5, 0.6) is 5.88 Å². The fourth-order valence-electron chi connectivity index (χ4n) is 1.56. The summed E-state index contributed by atoms with van der Waals surface area (Å²) in [4.78, 5) is 20.0. The molecule has 0 aliphatic carbocycles. The first kappa shape index (κ1) is 17.0. The first-order valence-corrected chi connectivity index (χ1v) is 8.10. The van der Waals surface area contributed by atoms with Crippen LogP contribution < -0.4 is 15.8 Å². The number of nitrogens with zero attached hydrogens (tertiary/aromatic N) is 2. The zero-order valence-electron chi connectivity index (χ0n) is 11.5. The first-order chi connectivity index (χ1) is 10.6. The summed E-state index contributed by atoms with van der Waals surface area (Å²) < 4.78 is 5.37. The molecule has 6 nitrogen and oxygen atoms in total. The van der Waals surface area contributed by atoms with Gasteiger partial charge in [-0.05, 0) is 12.6 Å². The van der Waals surface area contributed by atoms with Gasteiger partial charge in [-0.15, -0.1) is 11.3 Å². The molecule has 0 atom stereocenters. The Kier molecular flexibility index (Phi) is 6.38. The molecule has 0 unspecified atom stereocenters. The van der Waals surface area contributed by atoms with Crippen molar-refractivity contribution in [1.29, 1.82) is 0 Å². The third-order valence-electron chi connectivity index (χ3n) is 2.54. The summed E-state index contributed by atoms with van der Waals surface area (Å²) in [5.41, 5.74) is 5.83. The van der Waals surface area contributed by atoms with Gasteiger partial charge >= 0.3 is 0 Å². The summed E-state index contributed by atoms with van der Waals surface area (Å²) in [5.74, 6) is 0.0255. The van der Waals surface area contributed by atoms with Crippen LogP contribution in [0.3, 0.4) is 0 Å². The molecule has 0 fully saturated rings. The van der Waals surface area contributed by atoms with E-state index in [4.69, 9.17) is 33.7 Å². The highest BCUT2D eigenvalue weighted by Crippen LogP contribution is 2.24. The van der Waals surface area contributed by atoms with Crippen LogP contribution in [0.15, 0.2) is 17.6 Å². The van der Waals surface area contributed by atoms with E-state index in [2.05, 4.69) is 15.3 Å². The van der Waals surface area contributed by atoms with Crippen molar-refractivity contribution in [2.24, 2.45) is 5.73 Å². The average molecular weight is 361 g/mol. The van der Waals surface area contributed by atoms with Gasteiger partial charge in [-0.2, -0.15) is 0 Å². The van der Waals surface area contributed by atoms with E-state index in [-0.39, 0.29) is 18.4 Å². The second kappa shape index (κ2) is 8.28. The number of hydrogen-bond donors (Lipinski definition) is 2. The predicted molar refractivity (Wildman–Crippen MR) is 87.0 cm³/mol. The quantitative estimate of drug-likeness (QED) is 0.738. The molecule has 0 bridgehead atoms. The van der Waals surface area contributed by atoms with Crippen molar-refractivity contribution in [2.75, 3.05) is 19.7 Å². The lowest BCUT2D eigenvalue weighted by atomic mass is 10.4. The standard InChI is InChI=1S/C13H14Cl2N4O2S/c14-8-5-9(15)13(18-6-8)21-4-3-17-12(20)10-7-22-11(19-10)1-2-16/h5-7H,1-4,16H2,(H,17,20). The third kappa shape index (κ3) is 4.81. The minimum absolute atomic E-state index is 0.236. The molecule has 2 rings (SSSR count). The zero-order valence-corrected chi connectivity index (χ0v) is 13.8. The average Bonchev–Trinajstić information content (AvgIpc) is 2.94. The van der Waals surface area contributed by atoms with Gasteiger partial charge in [0.15, 0.2) is 0 Å². The summed E-state index contributed by atoms with van der Waals surface area (Å²) in [5, 5.41) is 6.02. The minimum Gasteiger partial charge on any atom is -0.475 e. The Hall–Kier alpha value is -1.41. The second-order valence-electron chi connectivity index (χ2n) is 4.21. The Bertz CT molecular complexity index is 651. The molecule has 0 aliphatic heterocycles. The highest BCUT2D eigenvalue weighted by atomic mass is 35.5. The molecule has 0 spiro atoms. The number of hydrogen-bond acceptors (Lipinski definition) is 6. The van der Waals surface area contributed by atoms with Gasteiger partial charge in [-0.1, -0.05) is 23.2 Å². The topological polar surface area (TPSA) is 90.1 Å². The maximum absolute atomic E-state index is 11.9. The van der Waals surface area contributed by atoms with Gasteiger partial charge in [0.25, 0.3) is 5.91 Å². The summed E-state index contributed by atoms with van der Waals surface area (Å²) in [6.45, 7) is 1.06. The maximum atomic E-state index is 11.9. The molecule has 0 aromatic carbocycles. The van der Waals surface area contributed by atoms with Crippen LogP contribution in [0.25, 0.3) is 0 Å². The lowest BCUT2D eigenvalue weighted by Crippen LogP contribution is -2.28. The highest BCUT2D eigenvalue weighted by molar-refractivity contribution is 7.09. The molecule has 22 heavy (non-hydrogen) atoms. The van der Waals surface area contributed by atoms with E-state index in [0.29, 0.717) is 35.2 Å². The zero-order chi connectivity index (χ0) is 15.9. The third-order valence-corrected chi connectivity index (χ3v) is 3.93. The fraction of sp³-hybridized carbons (Fsp3) is 0.308. The highest BCUT2D eigenvalue weighted by Gasteiger charge is 2.10. The number of rotatable bonds is 7. The van der Waals surface area contributed by atoms with E-state index in [1.807, 2.05) is 0 Å². The Labute approximate surface area is 141 Å². The molecular formula is C13H14Cl2N4O2S. The summed E-state index contributed by atoms with van der Waals surface area (Å²) >= 11 is 13.1. The van der Waals surface area contributed by atoms with Gasteiger partial charge in [0.05, 0.1) is 16.6 Å². The number of carbonyl (C=O) groups is 1. The van der Waals surface area contributed by atoms with Crippen LogP contribution in [0.2, 0.25) is 10.0 Å². The Morgan fingerprint density at radius 3 is 3.00 bits per heavy atom. The molecule has 0 radical (unpaired) electrons. The van der Waals surface area contributed by atoms with Crippen molar-refractivity contribution in [3.63, 3.8) is 0 Å². The van der Waals surface area contributed by atoms with Crippen LogP contribution in [0.1, 0.15) is 15.5 Å². The van der Waals surface area contributed by atoms with E-state index >= 15 is 0 Å². The maximum Gasteiger partial charge on any atom is 0.270 e. The summed E-state index contributed by atoms with van der Waals surface area (Å²) in [6, 6.07) is 1.54. The number of amides is 1. The van der Waals surface area contributed by atoms with E-state index in [1.54, 1.807) is 5.38 Å². The molecular weight excluding hydrogens is 347 g/mol. The molecule has 0 saturated heterocycles.